The predicted molar refractivity (Wildman–Crippen MR) is 74.5 cm³/mol. The normalized spacial score (nSPS) is 17.7. The lowest BCUT2D eigenvalue weighted by molar-refractivity contribution is -0.116. The Kier molecular flexibility index (Phi) is 4.13. The first-order valence-electron chi connectivity index (χ1n) is 5.06. The fraction of sp³-hybridized carbons (Fsp3) is 0.182. The van der Waals surface area contributed by atoms with Gasteiger partial charge in [0.05, 0.1) is 12.0 Å². The van der Waals surface area contributed by atoms with Gasteiger partial charge in [-0.05, 0) is 24.6 Å². The quantitative estimate of drug-likeness (QED) is 0.669. The van der Waals surface area contributed by atoms with Crippen molar-refractivity contribution in [1.29, 1.82) is 0 Å². The summed E-state index contributed by atoms with van der Waals surface area (Å²) in [7, 11) is 0. The first-order chi connectivity index (χ1) is 8.58. The molecule has 0 spiro atoms. The molecule has 18 heavy (non-hydrogen) atoms. The minimum atomic E-state index is -0.337. The van der Waals surface area contributed by atoms with E-state index in [1.165, 1.54) is 18.0 Å². The van der Waals surface area contributed by atoms with E-state index >= 15 is 0 Å². The second-order valence-corrected chi connectivity index (χ2v) is 5.38. The summed E-state index contributed by atoms with van der Waals surface area (Å²) < 4.78 is 14.5. The molecular formula is C11H9BrFN3OS. The molecule has 1 aliphatic heterocycles. The van der Waals surface area contributed by atoms with Gasteiger partial charge in [-0.15, -0.1) is 5.10 Å². The van der Waals surface area contributed by atoms with Crippen molar-refractivity contribution in [1.82, 2.24) is 5.32 Å². The first kappa shape index (κ1) is 13.2. The Bertz CT molecular complexity index is 559. The summed E-state index contributed by atoms with van der Waals surface area (Å²) in [6.07, 6.45) is 1.33. The molecule has 0 radical (unpaired) electrons. The lowest BCUT2D eigenvalue weighted by atomic mass is 10.1. The zero-order chi connectivity index (χ0) is 13.1. The number of carbonyl (C=O) groups is 1. The van der Waals surface area contributed by atoms with E-state index < -0.39 is 0 Å². The molecule has 0 aromatic heterocycles. The van der Waals surface area contributed by atoms with Crippen LogP contribution in [0.2, 0.25) is 0 Å². The Morgan fingerprint density at radius 2 is 2.33 bits per heavy atom. The van der Waals surface area contributed by atoms with Gasteiger partial charge in [0.15, 0.2) is 5.17 Å². The Labute approximate surface area is 116 Å². The molecule has 94 valence electrons. The Morgan fingerprint density at radius 1 is 1.56 bits per heavy atom. The smallest absolute Gasteiger partial charge is 0.236 e. The summed E-state index contributed by atoms with van der Waals surface area (Å²) in [6.45, 7) is 1.68. The van der Waals surface area contributed by atoms with E-state index in [-0.39, 0.29) is 11.7 Å². The van der Waals surface area contributed by atoms with Crippen molar-refractivity contribution in [3.05, 3.63) is 33.5 Å². The number of amides is 1. The average molecular weight is 330 g/mol. The number of carbonyl (C=O) groups excluding carboxylic acids is 1. The van der Waals surface area contributed by atoms with Gasteiger partial charge in [0.25, 0.3) is 0 Å². The number of halogens is 2. The number of hydrogen-bond donors (Lipinski definition) is 1. The molecule has 0 bridgehead atoms. The Morgan fingerprint density at radius 3 is 3.00 bits per heavy atom. The highest BCUT2D eigenvalue weighted by molar-refractivity contribution is 9.10. The van der Waals surface area contributed by atoms with Gasteiger partial charge >= 0.3 is 0 Å². The van der Waals surface area contributed by atoms with Gasteiger partial charge in [-0.3, -0.25) is 4.79 Å². The first-order valence-corrected chi connectivity index (χ1v) is 6.84. The van der Waals surface area contributed by atoms with Crippen LogP contribution < -0.4 is 5.32 Å². The monoisotopic (exact) mass is 329 g/mol. The zero-order valence-corrected chi connectivity index (χ0v) is 11.8. The van der Waals surface area contributed by atoms with E-state index in [0.29, 0.717) is 26.5 Å². The third kappa shape index (κ3) is 2.97. The maximum Gasteiger partial charge on any atom is 0.236 e. The summed E-state index contributed by atoms with van der Waals surface area (Å²) in [5, 5.41) is 10.5. The lowest BCUT2D eigenvalue weighted by Crippen LogP contribution is -2.19. The number of nitrogens with one attached hydrogen (secondary N) is 1. The van der Waals surface area contributed by atoms with Crippen molar-refractivity contribution >= 4 is 45.0 Å². The minimum Gasteiger partial charge on any atom is -0.303 e. The molecular weight excluding hydrogens is 321 g/mol. The Hall–Kier alpha value is -1.21. The van der Waals surface area contributed by atoms with Crippen LogP contribution in [-0.2, 0) is 4.79 Å². The third-order valence-corrected chi connectivity index (χ3v) is 4.00. The van der Waals surface area contributed by atoms with E-state index in [1.54, 1.807) is 19.1 Å². The topological polar surface area (TPSA) is 53.8 Å². The molecule has 1 aromatic carbocycles. The molecule has 1 heterocycles. The summed E-state index contributed by atoms with van der Waals surface area (Å²) in [5.74, 6) is -0.0869. The number of nitrogens with zero attached hydrogens (tertiary/aromatic N) is 2. The molecule has 1 fully saturated rings. The highest BCUT2D eigenvalue weighted by atomic mass is 79.9. The Balaban J connectivity index is 2.15. The predicted octanol–water partition coefficient (Wildman–Crippen LogP) is 2.45. The van der Waals surface area contributed by atoms with E-state index in [2.05, 4.69) is 31.4 Å². The molecule has 1 aliphatic rings. The molecule has 7 heteroatoms. The van der Waals surface area contributed by atoms with Gasteiger partial charge in [0, 0.05) is 10.0 Å². The van der Waals surface area contributed by atoms with Gasteiger partial charge in [-0.1, -0.05) is 27.7 Å². The van der Waals surface area contributed by atoms with Crippen LogP contribution in [0.1, 0.15) is 11.1 Å². The second kappa shape index (κ2) is 5.62. The summed E-state index contributed by atoms with van der Waals surface area (Å²) >= 11 is 4.52. The van der Waals surface area contributed by atoms with Gasteiger partial charge in [-0.25, -0.2) is 4.39 Å². The molecule has 1 amide bonds. The van der Waals surface area contributed by atoms with Crippen LogP contribution >= 0.6 is 27.7 Å². The number of hydrogen-bond acceptors (Lipinski definition) is 4. The number of amidine groups is 1. The van der Waals surface area contributed by atoms with E-state index in [1.807, 2.05) is 0 Å². The number of thioether (sulfide) groups is 1. The van der Waals surface area contributed by atoms with E-state index in [0.717, 1.165) is 0 Å². The summed E-state index contributed by atoms with van der Waals surface area (Å²) in [4.78, 5) is 10.9. The molecule has 0 saturated carbocycles. The average Bonchev–Trinajstić information content (AvgIpc) is 2.75. The van der Waals surface area contributed by atoms with Crippen molar-refractivity contribution < 1.29 is 9.18 Å². The van der Waals surface area contributed by atoms with Gasteiger partial charge in [-0.2, -0.15) is 5.10 Å². The third-order valence-electron chi connectivity index (χ3n) is 2.28. The van der Waals surface area contributed by atoms with Crippen LogP contribution in [-0.4, -0.2) is 23.0 Å². The molecule has 1 N–H and O–H groups in total. The van der Waals surface area contributed by atoms with Crippen molar-refractivity contribution in [2.24, 2.45) is 10.2 Å². The standard InChI is InChI=1S/C11H9BrFN3OS/c1-6-8(12)3-2-7(10(6)13)4-14-16-11-15-9(17)5-18-11/h2-4H,5H2,1H3,(H,15,16,17). The molecule has 0 unspecified atom stereocenters. The largest absolute Gasteiger partial charge is 0.303 e. The molecule has 4 nitrogen and oxygen atoms in total. The van der Waals surface area contributed by atoms with Crippen LogP contribution in [0.4, 0.5) is 4.39 Å². The summed E-state index contributed by atoms with van der Waals surface area (Å²) in [5.41, 5.74) is 0.879. The molecule has 2 rings (SSSR count). The van der Waals surface area contributed by atoms with E-state index in [9.17, 15) is 9.18 Å². The van der Waals surface area contributed by atoms with Gasteiger partial charge in [0.2, 0.25) is 5.91 Å². The molecule has 0 aliphatic carbocycles. The SMILES string of the molecule is Cc1c(Br)ccc(C=NN=C2NC(=O)CS2)c1F. The second-order valence-electron chi connectivity index (χ2n) is 3.56. The van der Waals surface area contributed by atoms with Crippen LogP contribution in [0.5, 0.6) is 0 Å². The molecule has 1 saturated heterocycles. The highest BCUT2D eigenvalue weighted by Crippen LogP contribution is 2.20. The zero-order valence-electron chi connectivity index (χ0n) is 9.41. The number of benzene rings is 1. The van der Waals surface area contributed by atoms with Crippen molar-refractivity contribution in [2.75, 3.05) is 5.75 Å². The lowest BCUT2D eigenvalue weighted by Gasteiger charge is -2.02. The van der Waals surface area contributed by atoms with Gasteiger partial charge < -0.3 is 5.32 Å². The van der Waals surface area contributed by atoms with Gasteiger partial charge in [0.1, 0.15) is 5.82 Å². The minimum absolute atomic E-state index is 0.0976. The van der Waals surface area contributed by atoms with Crippen LogP contribution in [0.25, 0.3) is 0 Å². The maximum absolute atomic E-state index is 13.8. The van der Waals surface area contributed by atoms with Crippen molar-refractivity contribution in [3.8, 4) is 0 Å². The van der Waals surface area contributed by atoms with Crippen molar-refractivity contribution in [3.63, 3.8) is 0 Å². The number of rotatable bonds is 2. The van der Waals surface area contributed by atoms with Crippen LogP contribution in [0.3, 0.4) is 0 Å². The van der Waals surface area contributed by atoms with Crippen LogP contribution in [0, 0.1) is 12.7 Å². The van der Waals surface area contributed by atoms with Crippen LogP contribution in [0.15, 0.2) is 26.8 Å². The maximum atomic E-state index is 13.8. The molecule has 0 atom stereocenters. The fourth-order valence-corrected chi connectivity index (χ4v) is 2.24. The summed E-state index contributed by atoms with van der Waals surface area (Å²) in [6, 6.07) is 3.36. The highest BCUT2D eigenvalue weighted by Gasteiger charge is 2.16. The fourth-order valence-electron chi connectivity index (χ4n) is 1.30. The molecule has 1 aromatic rings. The van der Waals surface area contributed by atoms with E-state index in [4.69, 9.17) is 0 Å². The van der Waals surface area contributed by atoms with Crippen molar-refractivity contribution in [2.45, 2.75) is 6.92 Å².